The van der Waals surface area contributed by atoms with Crippen molar-refractivity contribution in [3.63, 3.8) is 0 Å². The van der Waals surface area contributed by atoms with Crippen LogP contribution in [0.2, 0.25) is 0 Å². The van der Waals surface area contributed by atoms with Crippen molar-refractivity contribution < 1.29 is 9.53 Å². The smallest absolute Gasteiger partial charge is 0.236 e. The summed E-state index contributed by atoms with van der Waals surface area (Å²) >= 11 is 0. The number of rotatable bonds is 4. The van der Waals surface area contributed by atoms with Crippen LogP contribution in [0.1, 0.15) is 26.2 Å². The molecule has 12 heavy (non-hydrogen) atoms. The fourth-order valence-electron chi connectivity index (χ4n) is 1.11. The SMILES string of the molecule is CCCCOC1CNNC(=O)C1. The lowest BCUT2D eigenvalue weighted by atomic mass is 10.2. The van der Waals surface area contributed by atoms with E-state index in [1.807, 2.05) is 0 Å². The Labute approximate surface area is 72.6 Å². The van der Waals surface area contributed by atoms with Crippen LogP contribution in [0.4, 0.5) is 0 Å². The van der Waals surface area contributed by atoms with Gasteiger partial charge in [0.2, 0.25) is 5.91 Å². The molecule has 1 unspecified atom stereocenters. The van der Waals surface area contributed by atoms with Crippen molar-refractivity contribution in [3.05, 3.63) is 0 Å². The first-order chi connectivity index (χ1) is 5.83. The molecule has 4 nitrogen and oxygen atoms in total. The summed E-state index contributed by atoms with van der Waals surface area (Å²) in [4.78, 5) is 10.9. The molecule has 2 N–H and O–H groups in total. The minimum absolute atomic E-state index is 0.0164. The molecular weight excluding hydrogens is 156 g/mol. The minimum Gasteiger partial charge on any atom is -0.376 e. The number of hydrogen-bond donors (Lipinski definition) is 2. The molecule has 1 fully saturated rings. The van der Waals surface area contributed by atoms with Crippen molar-refractivity contribution >= 4 is 5.91 Å². The van der Waals surface area contributed by atoms with Crippen molar-refractivity contribution in [1.82, 2.24) is 10.9 Å². The second-order valence-corrected chi connectivity index (χ2v) is 2.98. The van der Waals surface area contributed by atoms with Gasteiger partial charge in [0.1, 0.15) is 0 Å². The van der Waals surface area contributed by atoms with Gasteiger partial charge in [0.15, 0.2) is 0 Å². The van der Waals surface area contributed by atoms with Crippen LogP contribution in [0.25, 0.3) is 0 Å². The van der Waals surface area contributed by atoms with E-state index >= 15 is 0 Å². The zero-order chi connectivity index (χ0) is 8.81. The number of hydrogen-bond acceptors (Lipinski definition) is 3. The Hall–Kier alpha value is -0.610. The maximum atomic E-state index is 10.9. The summed E-state index contributed by atoms with van der Waals surface area (Å²) in [6.45, 7) is 3.60. The molecule has 0 saturated carbocycles. The molecule has 0 spiro atoms. The van der Waals surface area contributed by atoms with Crippen molar-refractivity contribution in [1.29, 1.82) is 0 Å². The fraction of sp³-hybridized carbons (Fsp3) is 0.875. The summed E-state index contributed by atoms with van der Waals surface area (Å²) in [5, 5.41) is 0. The van der Waals surface area contributed by atoms with E-state index in [-0.39, 0.29) is 12.0 Å². The van der Waals surface area contributed by atoms with Gasteiger partial charge in [-0.3, -0.25) is 10.2 Å². The molecule has 0 aromatic heterocycles. The number of ether oxygens (including phenoxy) is 1. The number of carbonyl (C=O) groups is 1. The molecule has 4 heteroatoms. The molecule has 1 aliphatic rings. The van der Waals surface area contributed by atoms with Crippen LogP contribution < -0.4 is 10.9 Å². The molecule has 1 aliphatic heterocycles. The monoisotopic (exact) mass is 172 g/mol. The average Bonchev–Trinajstić information content (AvgIpc) is 2.05. The van der Waals surface area contributed by atoms with Gasteiger partial charge in [-0.05, 0) is 6.42 Å². The van der Waals surface area contributed by atoms with Gasteiger partial charge in [-0.2, -0.15) is 0 Å². The number of unbranched alkanes of at least 4 members (excludes halogenated alkanes) is 1. The predicted molar refractivity (Wildman–Crippen MR) is 45.4 cm³/mol. The summed E-state index contributed by atoms with van der Waals surface area (Å²) < 4.78 is 5.47. The zero-order valence-electron chi connectivity index (χ0n) is 7.43. The highest BCUT2D eigenvalue weighted by atomic mass is 16.5. The molecule has 1 atom stereocenters. The lowest BCUT2D eigenvalue weighted by Gasteiger charge is -2.22. The second kappa shape index (κ2) is 5.11. The second-order valence-electron chi connectivity index (χ2n) is 2.98. The van der Waals surface area contributed by atoms with Crippen molar-refractivity contribution in [2.75, 3.05) is 13.2 Å². The molecular formula is C8H16N2O2. The van der Waals surface area contributed by atoms with Gasteiger partial charge in [0, 0.05) is 13.2 Å². The van der Waals surface area contributed by atoms with Gasteiger partial charge in [0.25, 0.3) is 0 Å². The fourth-order valence-corrected chi connectivity index (χ4v) is 1.11. The molecule has 0 aromatic carbocycles. The van der Waals surface area contributed by atoms with Crippen molar-refractivity contribution in [3.8, 4) is 0 Å². The molecule has 1 saturated heterocycles. The van der Waals surface area contributed by atoms with Gasteiger partial charge in [-0.25, -0.2) is 5.43 Å². The normalized spacial score (nSPS) is 23.8. The predicted octanol–water partition coefficient (Wildman–Crippen LogP) is 0.196. The van der Waals surface area contributed by atoms with E-state index in [1.165, 1.54) is 0 Å². The first kappa shape index (κ1) is 9.48. The third kappa shape index (κ3) is 3.19. The largest absolute Gasteiger partial charge is 0.376 e. The highest BCUT2D eigenvalue weighted by Gasteiger charge is 2.18. The van der Waals surface area contributed by atoms with Crippen LogP contribution in [0.15, 0.2) is 0 Å². The van der Waals surface area contributed by atoms with Crippen molar-refractivity contribution in [2.24, 2.45) is 0 Å². The Kier molecular flexibility index (Phi) is 4.04. The first-order valence-electron chi connectivity index (χ1n) is 4.46. The number of hydrazine groups is 1. The van der Waals surface area contributed by atoms with E-state index in [4.69, 9.17) is 4.74 Å². The van der Waals surface area contributed by atoms with Crippen LogP contribution in [-0.2, 0) is 9.53 Å². The summed E-state index contributed by atoms with van der Waals surface area (Å²) in [6.07, 6.45) is 2.74. The summed E-state index contributed by atoms with van der Waals surface area (Å²) in [5.74, 6) is 0.0164. The Balaban J connectivity index is 2.10. The number of amides is 1. The quantitative estimate of drug-likeness (QED) is 0.595. The van der Waals surface area contributed by atoms with E-state index in [0.717, 1.165) is 26.0 Å². The lowest BCUT2D eigenvalue weighted by molar-refractivity contribution is -0.127. The third-order valence-electron chi connectivity index (χ3n) is 1.82. The van der Waals surface area contributed by atoms with Crippen LogP contribution >= 0.6 is 0 Å². The van der Waals surface area contributed by atoms with Crippen LogP contribution in [0, 0.1) is 0 Å². The molecule has 0 bridgehead atoms. The van der Waals surface area contributed by atoms with E-state index in [9.17, 15) is 4.79 Å². The zero-order valence-corrected chi connectivity index (χ0v) is 7.43. The molecule has 0 radical (unpaired) electrons. The first-order valence-corrected chi connectivity index (χ1v) is 4.46. The Morgan fingerprint density at radius 2 is 2.50 bits per heavy atom. The molecule has 70 valence electrons. The van der Waals surface area contributed by atoms with E-state index in [2.05, 4.69) is 17.8 Å². The lowest BCUT2D eigenvalue weighted by Crippen LogP contribution is -2.50. The Morgan fingerprint density at radius 3 is 3.17 bits per heavy atom. The maximum Gasteiger partial charge on any atom is 0.236 e. The molecule has 0 aromatic rings. The van der Waals surface area contributed by atoms with Gasteiger partial charge in [-0.1, -0.05) is 13.3 Å². The Morgan fingerprint density at radius 1 is 1.67 bits per heavy atom. The minimum atomic E-state index is 0.0164. The van der Waals surface area contributed by atoms with E-state index in [1.54, 1.807) is 0 Å². The summed E-state index contributed by atoms with van der Waals surface area (Å²) in [7, 11) is 0. The number of carbonyl (C=O) groups excluding carboxylic acids is 1. The van der Waals surface area contributed by atoms with Gasteiger partial charge in [0.05, 0.1) is 12.5 Å². The maximum absolute atomic E-state index is 10.9. The average molecular weight is 172 g/mol. The van der Waals surface area contributed by atoms with Crippen LogP contribution in [0.5, 0.6) is 0 Å². The highest BCUT2D eigenvalue weighted by Crippen LogP contribution is 2.02. The molecule has 1 amide bonds. The standard InChI is InChI=1S/C8H16N2O2/c1-2-3-4-12-7-5-8(11)10-9-6-7/h7,9H,2-6H2,1H3,(H,10,11). The number of nitrogens with one attached hydrogen (secondary N) is 2. The van der Waals surface area contributed by atoms with Gasteiger partial charge >= 0.3 is 0 Å². The van der Waals surface area contributed by atoms with Gasteiger partial charge in [-0.15, -0.1) is 0 Å². The summed E-state index contributed by atoms with van der Waals surface area (Å²) in [5.41, 5.74) is 5.32. The summed E-state index contributed by atoms with van der Waals surface area (Å²) in [6, 6.07) is 0. The topological polar surface area (TPSA) is 50.4 Å². The van der Waals surface area contributed by atoms with Crippen molar-refractivity contribution in [2.45, 2.75) is 32.3 Å². The third-order valence-corrected chi connectivity index (χ3v) is 1.82. The van der Waals surface area contributed by atoms with Crippen LogP contribution in [-0.4, -0.2) is 25.2 Å². The Bertz CT molecular complexity index is 150. The highest BCUT2D eigenvalue weighted by molar-refractivity contribution is 5.76. The van der Waals surface area contributed by atoms with E-state index in [0.29, 0.717) is 6.42 Å². The van der Waals surface area contributed by atoms with Gasteiger partial charge < -0.3 is 4.74 Å². The molecule has 1 rings (SSSR count). The molecule has 0 aliphatic carbocycles. The van der Waals surface area contributed by atoms with Crippen LogP contribution in [0.3, 0.4) is 0 Å². The van der Waals surface area contributed by atoms with E-state index < -0.39 is 0 Å². The molecule has 1 heterocycles.